The number of fused-ring (bicyclic) bond motifs is 1. The Labute approximate surface area is 155 Å². The highest BCUT2D eigenvalue weighted by Crippen LogP contribution is 2.22. The molecule has 3 heterocycles. The van der Waals surface area contributed by atoms with Crippen molar-refractivity contribution < 1.29 is 4.74 Å². The summed E-state index contributed by atoms with van der Waals surface area (Å²) in [4.78, 5) is 2.40. The highest BCUT2D eigenvalue weighted by molar-refractivity contribution is 7.99. The highest BCUT2D eigenvalue weighted by Gasteiger charge is 2.22. The molecule has 4 rings (SSSR count). The lowest BCUT2D eigenvalue weighted by Crippen LogP contribution is -2.43. The number of aromatic nitrogens is 3. The maximum atomic E-state index is 6.28. The van der Waals surface area contributed by atoms with Crippen LogP contribution in [-0.4, -0.2) is 51.1 Å². The van der Waals surface area contributed by atoms with Gasteiger partial charge < -0.3 is 4.74 Å². The van der Waals surface area contributed by atoms with Gasteiger partial charge in [-0.25, -0.2) is 0 Å². The first-order valence-electron chi connectivity index (χ1n) is 8.29. The molecule has 1 aliphatic rings. The minimum absolute atomic E-state index is 0.178. The van der Waals surface area contributed by atoms with Crippen LogP contribution in [0.4, 0.5) is 0 Å². The van der Waals surface area contributed by atoms with Crippen LogP contribution < -0.4 is 0 Å². The Hall–Kier alpha value is -1.60. The zero-order chi connectivity index (χ0) is 17.1. The molecule has 130 valence electrons. The van der Waals surface area contributed by atoms with Crippen LogP contribution in [0.1, 0.15) is 5.56 Å². The first-order valence-corrected chi connectivity index (χ1v) is 9.66. The molecule has 0 radical (unpaired) electrons. The van der Waals surface area contributed by atoms with Gasteiger partial charge in [0.2, 0.25) is 0 Å². The summed E-state index contributed by atoms with van der Waals surface area (Å²) in [7, 11) is 0. The smallest absolute Gasteiger partial charge is 0.195 e. The third-order valence-corrected chi connectivity index (χ3v) is 5.70. The Bertz CT molecular complexity index is 856. The number of hydrogen-bond donors (Lipinski definition) is 0. The molecule has 2 aromatic heterocycles. The number of benzene rings is 1. The van der Waals surface area contributed by atoms with E-state index in [4.69, 9.17) is 16.3 Å². The van der Waals surface area contributed by atoms with Gasteiger partial charge in [-0.1, -0.05) is 47.6 Å². The second kappa shape index (κ2) is 7.74. The fraction of sp³-hybridized carbons (Fsp3) is 0.333. The van der Waals surface area contributed by atoms with Crippen molar-refractivity contribution in [3.63, 3.8) is 0 Å². The number of hydrogen-bond acceptors (Lipinski definition) is 5. The zero-order valence-electron chi connectivity index (χ0n) is 13.7. The van der Waals surface area contributed by atoms with E-state index in [1.807, 2.05) is 47.0 Å². The van der Waals surface area contributed by atoms with Crippen molar-refractivity contribution >= 4 is 29.0 Å². The molecule has 0 bridgehead atoms. The number of halogens is 1. The molecule has 0 unspecified atom stereocenters. The molecule has 1 atom stereocenters. The Balaban J connectivity index is 1.36. The summed E-state index contributed by atoms with van der Waals surface area (Å²) in [5.41, 5.74) is 2.04. The van der Waals surface area contributed by atoms with Crippen molar-refractivity contribution in [2.75, 3.05) is 25.4 Å². The summed E-state index contributed by atoms with van der Waals surface area (Å²) in [6.07, 6.45) is 2.17. The van der Waals surface area contributed by atoms with Crippen LogP contribution in [0, 0.1) is 0 Å². The maximum absolute atomic E-state index is 6.28. The molecule has 0 N–H and O–H groups in total. The molecule has 0 aliphatic carbocycles. The van der Waals surface area contributed by atoms with Crippen molar-refractivity contribution in [1.82, 2.24) is 19.5 Å². The van der Waals surface area contributed by atoms with E-state index in [2.05, 4.69) is 21.2 Å². The van der Waals surface area contributed by atoms with Gasteiger partial charge in [-0.2, -0.15) is 0 Å². The fourth-order valence-corrected chi connectivity index (χ4v) is 4.10. The lowest BCUT2D eigenvalue weighted by molar-refractivity contribution is -0.0187. The fourth-order valence-electron chi connectivity index (χ4n) is 2.98. The Morgan fingerprint density at radius 1 is 1.16 bits per heavy atom. The van der Waals surface area contributed by atoms with Gasteiger partial charge in [-0.3, -0.25) is 9.30 Å². The van der Waals surface area contributed by atoms with Crippen molar-refractivity contribution in [3.8, 4) is 0 Å². The summed E-state index contributed by atoms with van der Waals surface area (Å²) in [5.74, 6) is 0.856. The monoisotopic (exact) mass is 374 g/mol. The number of thioether (sulfide) groups is 1. The molecule has 0 spiro atoms. The molecule has 1 fully saturated rings. The number of nitrogens with zero attached hydrogens (tertiary/aromatic N) is 4. The number of rotatable bonds is 5. The number of ether oxygens (including phenoxy) is 1. The average molecular weight is 375 g/mol. The molecule has 25 heavy (non-hydrogen) atoms. The van der Waals surface area contributed by atoms with E-state index in [9.17, 15) is 0 Å². The van der Waals surface area contributed by atoms with Gasteiger partial charge in [0.1, 0.15) is 0 Å². The van der Waals surface area contributed by atoms with Crippen LogP contribution >= 0.6 is 23.4 Å². The molecule has 1 saturated heterocycles. The average Bonchev–Trinajstić information content (AvgIpc) is 3.06. The molecule has 0 amide bonds. The molecular formula is C18H19ClN4OS. The topological polar surface area (TPSA) is 42.7 Å². The third-order valence-electron chi connectivity index (χ3n) is 4.26. The van der Waals surface area contributed by atoms with Gasteiger partial charge in [-0.05, 0) is 23.8 Å². The summed E-state index contributed by atoms with van der Waals surface area (Å²) in [6.45, 7) is 3.43. The van der Waals surface area contributed by atoms with E-state index in [1.54, 1.807) is 11.8 Å². The van der Waals surface area contributed by atoms with Gasteiger partial charge in [0.25, 0.3) is 0 Å². The first-order chi connectivity index (χ1) is 12.3. The quantitative estimate of drug-likeness (QED) is 0.640. The molecule has 7 heteroatoms. The molecule has 1 aromatic carbocycles. The third kappa shape index (κ3) is 3.98. The zero-order valence-corrected chi connectivity index (χ0v) is 15.3. The van der Waals surface area contributed by atoms with E-state index in [1.165, 1.54) is 5.56 Å². The molecule has 3 aromatic rings. The second-order valence-corrected chi connectivity index (χ2v) is 7.44. The summed E-state index contributed by atoms with van der Waals surface area (Å²) >= 11 is 7.97. The van der Waals surface area contributed by atoms with E-state index in [0.29, 0.717) is 0 Å². The van der Waals surface area contributed by atoms with Crippen LogP contribution in [-0.2, 0) is 11.3 Å². The van der Waals surface area contributed by atoms with Crippen LogP contribution in [0.15, 0.2) is 53.8 Å². The maximum Gasteiger partial charge on any atom is 0.195 e. The van der Waals surface area contributed by atoms with Crippen LogP contribution in [0.3, 0.4) is 0 Å². The van der Waals surface area contributed by atoms with Gasteiger partial charge in [-0.15, -0.1) is 10.2 Å². The van der Waals surface area contributed by atoms with Crippen LogP contribution in [0.25, 0.3) is 5.65 Å². The van der Waals surface area contributed by atoms with E-state index in [0.717, 1.165) is 47.8 Å². The number of pyridine rings is 1. The minimum Gasteiger partial charge on any atom is -0.375 e. The normalized spacial score (nSPS) is 18.7. The first kappa shape index (κ1) is 16.8. The standard InChI is InChI=1S/C18H19ClN4OS/c19-16-6-2-1-5-14(16)11-22-9-10-24-15(12-22)13-25-18-21-20-17-7-3-4-8-23(17)18/h1-8,15H,9-13H2/t15-/m0/s1. The molecular weight excluding hydrogens is 356 g/mol. The Morgan fingerprint density at radius 3 is 2.96 bits per heavy atom. The number of morpholine rings is 1. The predicted molar refractivity (Wildman–Crippen MR) is 100 cm³/mol. The summed E-state index contributed by atoms with van der Waals surface area (Å²) < 4.78 is 7.94. The predicted octanol–water partition coefficient (Wildman–Crippen LogP) is 3.38. The molecule has 0 saturated carbocycles. The highest BCUT2D eigenvalue weighted by atomic mass is 35.5. The van der Waals surface area contributed by atoms with Crippen LogP contribution in [0.2, 0.25) is 5.02 Å². The van der Waals surface area contributed by atoms with Crippen LogP contribution in [0.5, 0.6) is 0 Å². The van der Waals surface area contributed by atoms with Crippen molar-refractivity contribution in [3.05, 3.63) is 59.2 Å². The van der Waals surface area contributed by atoms with E-state index >= 15 is 0 Å². The van der Waals surface area contributed by atoms with Gasteiger partial charge >= 0.3 is 0 Å². The molecule has 1 aliphatic heterocycles. The Kier molecular flexibility index (Phi) is 5.22. The van der Waals surface area contributed by atoms with Gasteiger partial charge in [0, 0.05) is 36.6 Å². The van der Waals surface area contributed by atoms with Gasteiger partial charge in [0.15, 0.2) is 10.8 Å². The lowest BCUT2D eigenvalue weighted by atomic mass is 10.2. The Morgan fingerprint density at radius 2 is 2.04 bits per heavy atom. The summed E-state index contributed by atoms with van der Waals surface area (Å²) in [5, 5.41) is 10.2. The largest absolute Gasteiger partial charge is 0.375 e. The van der Waals surface area contributed by atoms with Crippen molar-refractivity contribution in [2.45, 2.75) is 17.8 Å². The van der Waals surface area contributed by atoms with E-state index in [-0.39, 0.29) is 6.10 Å². The minimum atomic E-state index is 0.178. The van der Waals surface area contributed by atoms with E-state index < -0.39 is 0 Å². The SMILES string of the molecule is Clc1ccccc1CN1CCO[C@H](CSc2nnc3ccccn23)C1. The van der Waals surface area contributed by atoms with Gasteiger partial charge in [0.05, 0.1) is 12.7 Å². The molecule has 5 nitrogen and oxygen atoms in total. The van der Waals surface area contributed by atoms with Crippen molar-refractivity contribution in [1.29, 1.82) is 0 Å². The summed E-state index contributed by atoms with van der Waals surface area (Å²) in [6, 6.07) is 13.9. The van der Waals surface area contributed by atoms with Crippen molar-refractivity contribution in [2.24, 2.45) is 0 Å². The lowest BCUT2D eigenvalue weighted by Gasteiger charge is -2.32. The second-order valence-electron chi connectivity index (χ2n) is 6.04.